The molecule has 0 unspecified atom stereocenters. The first kappa shape index (κ1) is 21.5. The van der Waals surface area contributed by atoms with Gasteiger partial charge in [0.2, 0.25) is 5.09 Å². The Hall–Kier alpha value is -3.70. The molecule has 1 aromatic carbocycles. The highest BCUT2D eigenvalue weighted by molar-refractivity contribution is 7.89. The Labute approximate surface area is 183 Å². The molecule has 10 nitrogen and oxygen atoms in total. The number of benzene rings is 1. The molecule has 1 saturated heterocycles. The summed E-state index contributed by atoms with van der Waals surface area (Å²) in [4.78, 5) is 40.6. The molecule has 1 aliphatic rings. The van der Waals surface area contributed by atoms with Gasteiger partial charge in [0, 0.05) is 31.9 Å². The first-order chi connectivity index (χ1) is 15.3. The molecule has 0 aliphatic carbocycles. The minimum atomic E-state index is -3.98. The van der Waals surface area contributed by atoms with Crippen LogP contribution in [0.15, 0.2) is 68.9 Å². The predicted octanol–water partition coefficient (Wildman–Crippen LogP) is 0.880. The van der Waals surface area contributed by atoms with Crippen LogP contribution < -0.4 is 11.3 Å². The summed E-state index contributed by atoms with van der Waals surface area (Å²) in [6, 6.07) is 14.7. The molecule has 3 N–H and O–H groups in total. The topological polar surface area (TPSA) is 147 Å². The van der Waals surface area contributed by atoms with Crippen molar-refractivity contribution in [2.75, 3.05) is 26.2 Å². The normalized spacial score (nSPS) is 14.9. The summed E-state index contributed by atoms with van der Waals surface area (Å²) in [5.41, 5.74) is 5.98. The molecule has 3 aromatic rings. The fourth-order valence-electron chi connectivity index (χ4n) is 3.45. The van der Waals surface area contributed by atoms with Crippen LogP contribution in [-0.2, 0) is 10.0 Å². The maximum absolute atomic E-state index is 12.8. The van der Waals surface area contributed by atoms with E-state index in [-0.39, 0.29) is 42.6 Å². The number of carbonyl (C=O) groups excluding carboxylic acids is 2. The van der Waals surface area contributed by atoms with Gasteiger partial charge in [-0.1, -0.05) is 30.3 Å². The second-order valence-corrected chi connectivity index (χ2v) is 9.03. The quantitative estimate of drug-likeness (QED) is 0.583. The number of H-pyrrole nitrogens is 1. The van der Waals surface area contributed by atoms with Gasteiger partial charge in [-0.15, -0.1) is 0 Å². The van der Waals surface area contributed by atoms with E-state index < -0.39 is 27.4 Å². The van der Waals surface area contributed by atoms with Crippen LogP contribution >= 0.6 is 0 Å². The lowest BCUT2D eigenvalue weighted by molar-refractivity contribution is 0.0695. The number of sulfonamides is 1. The van der Waals surface area contributed by atoms with Gasteiger partial charge in [0.15, 0.2) is 5.76 Å². The van der Waals surface area contributed by atoms with Crippen molar-refractivity contribution in [2.45, 2.75) is 5.09 Å². The summed E-state index contributed by atoms with van der Waals surface area (Å²) >= 11 is 0. The van der Waals surface area contributed by atoms with Gasteiger partial charge in [-0.2, -0.15) is 4.31 Å². The van der Waals surface area contributed by atoms with E-state index in [2.05, 4.69) is 4.98 Å². The van der Waals surface area contributed by atoms with E-state index in [1.54, 1.807) is 6.07 Å². The minimum Gasteiger partial charge on any atom is -0.438 e. The number of pyridine rings is 1. The monoisotopic (exact) mass is 456 g/mol. The van der Waals surface area contributed by atoms with Gasteiger partial charge in [-0.3, -0.25) is 14.4 Å². The molecule has 3 heterocycles. The van der Waals surface area contributed by atoms with Gasteiger partial charge in [0.25, 0.3) is 27.4 Å². The zero-order valence-electron chi connectivity index (χ0n) is 16.9. The number of nitrogens with one attached hydrogen (secondary N) is 1. The van der Waals surface area contributed by atoms with Crippen molar-refractivity contribution in [2.24, 2.45) is 5.73 Å². The third kappa shape index (κ3) is 4.07. The SMILES string of the molecule is NC(=O)c1ccc(S(=O)(=O)N2CCN(C(=O)c3ccc(-c4ccccc4)[nH]c3=O)CC2)o1. The Morgan fingerprint density at radius 2 is 1.62 bits per heavy atom. The highest BCUT2D eigenvalue weighted by Crippen LogP contribution is 2.21. The van der Waals surface area contributed by atoms with Crippen LogP contribution in [0, 0.1) is 0 Å². The molecular formula is C21H20N4O6S. The molecule has 1 aliphatic heterocycles. The molecule has 0 radical (unpaired) electrons. The molecule has 2 amide bonds. The molecular weight excluding hydrogens is 436 g/mol. The van der Waals surface area contributed by atoms with Gasteiger partial charge in [-0.05, 0) is 29.8 Å². The first-order valence-corrected chi connectivity index (χ1v) is 11.2. The van der Waals surface area contributed by atoms with Gasteiger partial charge in [0.1, 0.15) is 5.56 Å². The van der Waals surface area contributed by atoms with Crippen molar-refractivity contribution in [1.82, 2.24) is 14.2 Å². The van der Waals surface area contributed by atoms with Gasteiger partial charge in [-0.25, -0.2) is 8.42 Å². The number of rotatable bonds is 5. The van der Waals surface area contributed by atoms with Crippen LogP contribution in [0.5, 0.6) is 0 Å². The van der Waals surface area contributed by atoms with E-state index in [9.17, 15) is 22.8 Å². The number of aromatic nitrogens is 1. The van der Waals surface area contributed by atoms with Gasteiger partial charge < -0.3 is 20.0 Å². The Kier molecular flexibility index (Phi) is 5.68. The summed E-state index contributed by atoms with van der Waals surface area (Å²) in [5, 5.41) is -0.390. The minimum absolute atomic E-state index is 0.0146. The first-order valence-electron chi connectivity index (χ1n) is 9.75. The van der Waals surface area contributed by atoms with Crippen LogP contribution in [0.4, 0.5) is 0 Å². The Bertz CT molecular complexity index is 1320. The molecule has 0 atom stereocenters. The molecule has 2 aromatic heterocycles. The van der Waals surface area contributed by atoms with Crippen LogP contribution in [0.1, 0.15) is 20.9 Å². The zero-order chi connectivity index (χ0) is 22.9. The lowest BCUT2D eigenvalue weighted by Crippen LogP contribution is -2.51. The van der Waals surface area contributed by atoms with Crippen LogP contribution in [0.3, 0.4) is 0 Å². The number of carbonyl (C=O) groups is 2. The number of hydrogen-bond donors (Lipinski definition) is 2. The average Bonchev–Trinajstić information content (AvgIpc) is 3.31. The second kappa shape index (κ2) is 8.44. The number of nitrogens with zero attached hydrogens (tertiary/aromatic N) is 2. The Morgan fingerprint density at radius 3 is 2.22 bits per heavy atom. The second-order valence-electron chi connectivity index (χ2n) is 7.16. The van der Waals surface area contributed by atoms with Crippen molar-refractivity contribution in [3.8, 4) is 11.3 Å². The summed E-state index contributed by atoms with van der Waals surface area (Å²) in [5.74, 6) is -1.60. The van der Waals surface area contributed by atoms with Crippen molar-refractivity contribution < 1.29 is 22.4 Å². The highest BCUT2D eigenvalue weighted by atomic mass is 32.2. The van der Waals surface area contributed by atoms with Crippen LogP contribution in [0.25, 0.3) is 11.3 Å². The van der Waals surface area contributed by atoms with E-state index >= 15 is 0 Å². The predicted molar refractivity (Wildman–Crippen MR) is 114 cm³/mol. The number of aromatic amines is 1. The third-order valence-corrected chi connectivity index (χ3v) is 6.94. The molecule has 11 heteroatoms. The lowest BCUT2D eigenvalue weighted by atomic mass is 10.1. The number of primary amides is 1. The fourth-order valence-corrected chi connectivity index (χ4v) is 4.78. The summed E-state index contributed by atoms with van der Waals surface area (Å²) < 4.78 is 31.6. The fraction of sp³-hybridized carbons (Fsp3) is 0.190. The molecule has 166 valence electrons. The number of amides is 2. The van der Waals surface area contributed by atoms with Crippen molar-refractivity contribution in [3.63, 3.8) is 0 Å². The number of furan rings is 1. The number of nitrogens with two attached hydrogens (primary N) is 1. The van der Waals surface area contributed by atoms with Gasteiger partial charge >= 0.3 is 0 Å². The summed E-state index contributed by atoms with van der Waals surface area (Å²) in [6.07, 6.45) is 0. The summed E-state index contributed by atoms with van der Waals surface area (Å²) in [7, 11) is -3.98. The molecule has 0 spiro atoms. The highest BCUT2D eigenvalue weighted by Gasteiger charge is 2.33. The number of hydrogen-bond acceptors (Lipinski definition) is 6. The molecule has 32 heavy (non-hydrogen) atoms. The molecule has 1 fully saturated rings. The standard InChI is InChI=1S/C21H20N4O6S/c22-19(26)17-8-9-18(31-17)32(29,30)25-12-10-24(11-13-25)21(28)15-6-7-16(23-20(15)27)14-4-2-1-3-5-14/h1-9H,10-13H2,(H2,22,26)(H,23,27). The Morgan fingerprint density at radius 1 is 0.938 bits per heavy atom. The Balaban J connectivity index is 1.45. The molecule has 0 saturated carbocycles. The third-order valence-electron chi connectivity index (χ3n) is 5.17. The van der Waals surface area contributed by atoms with Crippen LogP contribution in [0.2, 0.25) is 0 Å². The molecule has 0 bridgehead atoms. The summed E-state index contributed by atoms with van der Waals surface area (Å²) in [6.45, 7) is 0.226. The lowest BCUT2D eigenvalue weighted by Gasteiger charge is -2.33. The smallest absolute Gasteiger partial charge is 0.284 e. The van der Waals surface area contributed by atoms with Crippen LogP contribution in [-0.4, -0.2) is 60.6 Å². The average molecular weight is 456 g/mol. The van der Waals surface area contributed by atoms with E-state index in [4.69, 9.17) is 10.2 Å². The van der Waals surface area contributed by atoms with Crippen molar-refractivity contribution in [3.05, 3.63) is 76.3 Å². The van der Waals surface area contributed by atoms with Crippen molar-refractivity contribution in [1.29, 1.82) is 0 Å². The van der Waals surface area contributed by atoms with Crippen molar-refractivity contribution >= 4 is 21.8 Å². The zero-order valence-corrected chi connectivity index (χ0v) is 17.7. The van der Waals surface area contributed by atoms with E-state index in [0.717, 1.165) is 9.87 Å². The van der Waals surface area contributed by atoms with E-state index in [1.165, 1.54) is 23.1 Å². The maximum Gasteiger partial charge on any atom is 0.284 e. The number of piperazine rings is 1. The van der Waals surface area contributed by atoms with Gasteiger partial charge in [0.05, 0.1) is 0 Å². The largest absolute Gasteiger partial charge is 0.438 e. The molecule has 4 rings (SSSR count). The van der Waals surface area contributed by atoms with E-state index in [0.29, 0.717) is 5.69 Å². The maximum atomic E-state index is 12.8. The van der Waals surface area contributed by atoms with E-state index in [1.807, 2.05) is 30.3 Å².